The Morgan fingerprint density at radius 3 is 2.24 bits per heavy atom. The number of carbonyl (C=O) groups excluding carboxylic acids is 1. The van der Waals surface area contributed by atoms with E-state index in [-0.39, 0.29) is 5.91 Å². The van der Waals surface area contributed by atoms with Gasteiger partial charge in [-0.3, -0.25) is 4.79 Å². The molecule has 0 saturated carbocycles. The van der Waals surface area contributed by atoms with Gasteiger partial charge in [-0.2, -0.15) is 5.10 Å². The number of anilines is 1. The van der Waals surface area contributed by atoms with E-state index in [1.54, 1.807) is 28.8 Å². The molecule has 4 rings (SSSR count). The van der Waals surface area contributed by atoms with Crippen molar-refractivity contribution < 1.29 is 4.79 Å². The van der Waals surface area contributed by atoms with Crippen molar-refractivity contribution in [3.8, 4) is 16.9 Å². The third-order valence-electron chi connectivity index (χ3n) is 5.35. The molecule has 168 valence electrons. The topological polar surface area (TPSA) is 38.1 Å². The Labute approximate surface area is 221 Å². The molecule has 1 amide bonds. The lowest BCUT2D eigenvalue weighted by Gasteiger charge is -2.20. The Morgan fingerprint density at radius 1 is 0.970 bits per heavy atom. The van der Waals surface area contributed by atoms with E-state index in [0.29, 0.717) is 26.4 Å². The predicted octanol–water partition coefficient (Wildman–Crippen LogP) is 7.95. The molecule has 4 nitrogen and oxygen atoms in total. The molecule has 1 unspecified atom stereocenters. The summed E-state index contributed by atoms with van der Waals surface area (Å²) in [5.41, 5.74) is 4.79. The maximum atomic E-state index is 13.4. The number of amides is 1. The highest BCUT2D eigenvalue weighted by molar-refractivity contribution is 14.1. The van der Waals surface area contributed by atoms with Crippen LogP contribution in [0.4, 0.5) is 5.69 Å². The van der Waals surface area contributed by atoms with Crippen LogP contribution in [0.1, 0.15) is 15.2 Å². The van der Waals surface area contributed by atoms with Crippen LogP contribution in [0.15, 0.2) is 72.8 Å². The summed E-state index contributed by atoms with van der Waals surface area (Å²) >= 11 is 20.9. The van der Waals surface area contributed by atoms with Crippen molar-refractivity contribution in [1.82, 2.24) is 9.78 Å². The van der Waals surface area contributed by atoms with E-state index in [9.17, 15) is 4.79 Å². The molecule has 4 aromatic rings. The average molecular weight is 611 g/mol. The molecule has 1 aromatic heterocycles. The van der Waals surface area contributed by atoms with E-state index in [2.05, 4.69) is 22.6 Å². The van der Waals surface area contributed by atoms with Gasteiger partial charge in [-0.15, -0.1) is 0 Å². The van der Waals surface area contributed by atoms with Crippen molar-refractivity contribution >= 4 is 69.0 Å². The zero-order chi connectivity index (χ0) is 23.7. The second-order valence-corrected chi connectivity index (χ2v) is 9.99. The van der Waals surface area contributed by atoms with Gasteiger partial charge in [0.1, 0.15) is 3.92 Å². The lowest BCUT2D eigenvalue weighted by Crippen LogP contribution is -2.29. The first kappa shape index (κ1) is 24.1. The summed E-state index contributed by atoms with van der Waals surface area (Å²) in [4.78, 5) is 15.0. The van der Waals surface area contributed by atoms with Crippen LogP contribution in [0.5, 0.6) is 0 Å². The SMILES string of the molecule is Cc1c(C(I)C(=O)N(C)c2ccccc2)nn(-c2ccc(Cl)cc2Cl)c1-c1ccc(Cl)cc1. The number of likely N-dealkylation sites (N-methyl/N-ethyl adjacent to an activating group) is 1. The lowest BCUT2D eigenvalue weighted by atomic mass is 10.0. The number of rotatable bonds is 5. The first-order valence-corrected chi connectivity index (χ1v) is 12.4. The highest BCUT2D eigenvalue weighted by atomic mass is 127. The van der Waals surface area contributed by atoms with Gasteiger partial charge >= 0.3 is 0 Å². The maximum absolute atomic E-state index is 13.4. The zero-order valence-corrected chi connectivity index (χ0v) is 22.2. The van der Waals surface area contributed by atoms with Gasteiger partial charge in [-0.1, -0.05) is 87.7 Å². The molecule has 0 radical (unpaired) electrons. The quantitative estimate of drug-likeness (QED) is 0.170. The van der Waals surface area contributed by atoms with E-state index in [1.807, 2.05) is 67.6 Å². The summed E-state index contributed by atoms with van der Waals surface area (Å²) in [6.45, 7) is 1.97. The highest BCUT2D eigenvalue weighted by Gasteiger charge is 2.29. The molecule has 0 N–H and O–H groups in total. The van der Waals surface area contributed by atoms with Gasteiger partial charge in [-0.05, 0) is 49.4 Å². The fourth-order valence-corrected chi connectivity index (χ4v) is 5.22. The monoisotopic (exact) mass is 609 g/mol. The molecular formula is C25H19Cl3IN3O. The van der Waals surface area contributed by atoms with E-state index < -0.39 is 3.92 Å². The third-order valence-corrected chi connectivity index (χ3v) is 7.26. The van der Waals surface area contributed by atoms with Gasteiger partial charge in [0.2, 0.25) is 5.91 Å². The van der Waals surface area contributed by atoms with Gasteiger partial charge in [0.25, 0.3) is 0 Å². The number of benzene rings is 3. The summed E-state index contributed by atoms with van der Waals surface area (Å²) in [5, 5.41) is 6.50. The number of hydrogen-bond donors (Lipinski definition) is 0. The lowest BCUT2D eigenvalue weighted by molar-refractivity contribution is -0.117. The minimum atomic E-state index is -0.508. The summed E-state index contributed by atoms with van der Waals surface area (Å²) in [6, 6.07) is 22.3. The van der Waals surface area contributed by atoms with Crippen LogP contribution in [-0.2, 0) is 4.79 Å². The van der Waals surface area contributed by atoms with Gasteiger partial charge in [0.05, 0.1) is 22.1 Å². The van der Waals surface area contributed by atoms with Crippen LogP contribution in [0.2, 0.25) is 15.1 Å². The number of carbonyl (C=O) groups is 1. The third kappa shape index (κ3) is 4.92. The average Bonchev–Trinajstić information content (AvgIpc) is 3.15. The molecule has 1 heterocycles. The minimum Gasteiger partial charge on any atom is -0.314 e. The number of alkyl halides is 1. The van der Waals surface area contributed by atoms with Crippen molar-refractivity contribution in [3.63, 3.8) is 0 Å². The molecular weight excluding hydrogens is 592 g/mol. The molecule has 0 saturated heterocycles. The second kappa shape index (κ2) is 10.1. The van der Waals surface area contributed by atoms with Gasteiger partial charge < -0.3 is 4.90 Å². The van der Waals surface area contributed by atoms with E-state index in [1.165, 1.54) is 0 Å². The fourth-order valence-electron chi connectivity index (χ4n) is 3.59. The Hall–Kier alpha value is -2.06. The Kier molecular flexibility index (Phi) is 7.34. The number of aromatic nitrogens is 2. The summed E-state index contributed by atoms with van der Waals surface area (Å²) < 4.78 is 1.26. The number of hydrogen-bond acceptors (Lipinski definition) is 2. The summed E-state index contributed by atoms with van der Waals surface area (Å²) in [5.74, 6) is -0.0700. The molecule has 8 heteroatoms. The molecule has 0 fully saturated rings. The maximum Gasteiger partial charge on any atom is 0.245 e. The van der Waals surface area contributed by atoms with Gasteiger partial charge in [0, 0.05) is 33.9 Å². The van der Waals surface area contributed by atoms with Crippen LogP contribution in [0, 0.1) is 6.92 Å². The number of halogens is 4. The Bertz CT molecular complexity index is 1310. The second-order valence-electron chi connectivity index (χ2n) is 7.47. The predicted molar refractivity (Wildman–Crippen MR) is 145 cm³/mol. The van der Waals surface area contributed by atoms with Crippen molar-refractivity contribution in [2.45, 2.75) is 10.8 Å². The smallest absolute Gasteiger partial charge is 0.245 e. The molecule has 0 aliphatic heterocycles. The molecule has 1 atom stereocenters. The Morgan fingerprint density at radius 2 is 1.61 bits per heavy atom. The fraction of sp³-hybridized carbons (Fsp3) is 0.120. The van der Waals surface area contributed by atoms with Crippen molar-refractivity contribution in [2.75, 3.05) is 11.9 Å². The summed E-state index contributed by atoms with van der Waals surface area (Å²) in [7, 11) is 1.77. The zero-order valence-electron chi connectivity index (χ0n) is 17.8. The van der Waals surface area contributed by atoms with Crippen molar-refractivity contribution in [3.05, 3.63) is 99.1 Å². The summed E-state index contributed by atoms with van der Waals surface area (Å²) in [6.07, 6.45) is 0. The molecule has 0 spiro atoms. The van der Waals surface area contributed by atoms with Crippen LogP contribution >= 0.6 is 57.4 Å². The molecule has 33 heavy (non-hydrogen) atoms. The van der Waals surface area contributed by atoms with Gasteiger partial charge in [-0.25, -0.2) is 4.68 Å². The minimum absolute atomic E-state index is 0.0700. The van der Waals surface area contributed by atoms with Crippen LogP contribution in [-0.4, -0.2) is 22.7 Å². The van der Waals surface area contributed by atoms with Gasteiger partial charge in [0.15, 0.2) is 0 Å². The molecule has 3 aromatic carbocycles. The first-order valence-electron chi connectivity index (χ1n) is 10.1. The molecule has 0 aliphatic carbocycles. The Balaban J connectivity index is 1.84. The van der Waals surface area contributed by atoms with Crippen molar-refractivity contribution in [1.29, 1.82) is 0 Å². The normalized spacial score (nSPS) is 11.9. The van der Waals surface area contributed by atoms with Crippen LogP contribution in [0.3, 0.4) is 0 Å². The number of para-hydroxylation sites is 1. The number of nitrogens with zero attached hydrogens (tertiary/aromatic N) is 3. The van der Waals surface area contributed by atoms with E-state index >= 15 is 0 Å². The van der Waals surface area contributed by atoms with Crippen LogP contribution in [0.25, 0.3) is 16.9 Å². The van der Waals surface area contributed by atoms with Crippen LogP contribution < -0.4 is 4.90 Å². The largest absolute Gasteiger partial charge is 0.314 e. The highest BCUT2D eigenvalue weighted by Crippen LogP contribution is 2.37. The molecule has 0 aliphatic rings. The first-order chi connectivity index (χ1) is 15.8. The van der Waals surface area contributed by atoms with E-state index in [0.717, 1.165) is 22.5 Å². The standard InChI is InChI=1S/C25H19Cl3IN3O/c1-15-23(22(29)25(33)31(2)19-6-4-3-5-7-19)30-32(21-13-12-18(27)14-20(21)28)24(15)16-8-10-17(26)11-9-16/h3-14,22H,1-2H3. The van der Waals surface area contributed by atoms with E-state index in [4.69, 9.17) is 39.9 Å². The molecule has 0 bridgehead atoms. The van der Waals surface area contributed by atoms with Crippen molar-refractivity contribution in [2.24, 2.45) is 0 Å².